The van der Waals surface area contributed by atoms with Crippen molar-refractivity contribution < 1.29 is 101 Å². The first-order valence-corrected chi connectivity index (χ1v) is 32.6. The maximum atomic E-state index is 7.00. The van der Waals surface area contributed by atoms with E-state index in [-0.39, 0.29) is 101 Å². The van der Waals surface area contributed by atoms with Crippen molar-refractivity contribution in [3.63, 3.8) is 0 Å². The average molecular weight is 2270 g/mol. The standard InChI is InChI=1S/3C20H16N3.C13H7N4.C12H8N3.5Ir/c1-14-5-3-6-15(2)19(14)17-8-11-21-18(13-17)23-12-9-16-7-4-10-22-20(16)23;1-14-4-3-5-15(2)20(14)16-6-10-22-19(12-16)23-11-8-17-13-21-9-7-18(17)23;1-14-4-3-5-15(2)20(14)17-7-10-22-19(12-17)23-11-8-16-6-9-21-13-18(16)23;1-14-11-2-6-16-13(8-11)17-7-4-10-9-15-5-3-12(10)17;1-2-6-14-12(3-1)15-8-5-10-9-13-7-4-11(10)15;;;;;/h3-11,13H,1-2H3;2*3-10,12-13H,1-2H3;2-6,8-9H;1-7,9H;;;;;/q5*-1;;;;;. The van der Waals surface area contributed by atoms with Gasteiger partial charge < -0.3 is 22.8 Å². The summed E-state index contributed by atoms with van der Waals surface area (Å²) in [6, 6.07) is 62.3. The molecule has 15 heterocycles. The van der Waals surface area contributed by atoms with E-state index < -0.39 is 0 Å². The van der Waals surface area contributed by atoms with E-state index in [0.29, 0.717) is 11.5 Å². The van der Waals surface area contributed by atoms with Crippen LogP contribution in [0.3, 0.4) is 0 Å². The molecule has 0 saturated heterocycles. The van der Waals surface area contributed by atoms with Crippen molar-refractivity contribution in [1.29, 1.82) is 0 Å². The van der Waals surface area contributed by atoms with Crippen LogP contribution < -0.4 is 0 Å². The average Bonchev–Trinajstić information content (AvgIpc) is 1.58. The zero-order valence-corrected chi connectivity index (χ0v) is 69.8. The van der Waals surface area contributed by atoms with E-state index in [1.807, 2.05) is 145 Å². The Morgan fingerprint density at radius 3 is 1.08 bits per heavy atom. The van der Waals surface area contributed by atoms with Crippen molar-refractivity contribution in [1.82, 2.24) is 72.7 Å². The van der Waals surface area contributed by atoms with E-state index in [0.717, 1.165) is 83.5 Å². The Labute approximate surface area is 681 Å². The monoisotopic (exact) mass is 2270 g/mol. The molecule has 16 nitrogen and oxygen atoms in total. The van der Waals surface area contributed by atoms with Crippen molar-refractivity contribution in [2.24, 2.45) is 0 Å². The maximum absolute atomic E-state index is 7.00. The number of nitrogens with zero attached hydrogens (tertiary/aromatic N) is 16. The SMILES string of the molecule is Cc1cccc(C)c1-c1ccnc(-n2[c-]cc3cccnc32)c1.Cc1cccc(C)c1-c1ccnc(-n2[c-]cc3ccncc32)c1.Cc1cccc(C)c1-c1ccnc(-n2[c-]cc3cnccc32)c1.[C-]#[N+]c1ccnc(-n2[c-]cc3cnccc32)c1.[Ir].[Ir].[Ir].[Ir].[Ir].[c-]1cc2cnccc2n1-c1ccccn1. The molecule has 21 heteroatoms. The van der Waals surface area contributed by atoms with E-state index in [2.05, 4.69) is 218 Å². The number of rotatable bonds is 8. The van der Waals surface area contributed by atoms with Crippen LogP contribution in [0.5, 0.6) is 0 Å². The fraction of sp³-hybridized carbons (Fsp3) is 0.0706. The molecule has 0 atom stereocenters. The molecule has 0 aliphatic heterocycles. The number of aromatic nitrogens is 15. The second kappa shape index (κ2) is 37.0. The van der Waals surface area contributed by atoms with Gasteiger partial charge in [0.15, 0.2) is 5.69 Å². The Morgan fingerprint density at radius 2 is 0.642 bits per heavy atom. The van der Waals surface area contributed by atoms with E-state index in [1.54, 1.807) is 61.7 Å². The van der Waals surface area contributed by atoms with Crippen LogP contribution in [0, 0.1) is 79.1 Å². The predicted octanol–water partition coefficient (Wildman–Crippen LogP) is 18.5. The van der Waals surface area contributed by atoms with E-state index in [1.165, 1.54) is 61.2 Å². The molecule has 0 aliphatic carbocycles. The second-order valence-corrected chi connectivity index (χ2v) is 23.9. The molecule has 533 valence electrons. The Hall–Kier alpha value is -10.4. The van der Waals surface area contributed by atoms with Crippen LogP contribution in [0.1, 0.15) is 33.4 Å². The molecule has 15 aromatic heterocycles. The van der Waals surface area contributed by atoms with Gasteiger partial charge in [-0.05, 0) is 157 Å². The Bertz CT molecular complexity index is 5560. The van der Waals surface area contributed by atoms with Gasteiger partial charge in [0.2, 0.25) is 0 Å². The molecule has 0 saturated carbocycles. The minimum atomic E-state index is 0. The molecule has 3 aromatic carbocycles. The van der Waals surface area contributed by atoms with E-state index in [9.17, 15) is 0 Å². The van der Waals surface area contributed by atoms with E-state index in [4.69, 9.17) is 6.57 Å². The van der Waals surface area contributed by atoms with Gasteiger partial charge in [0.25, 0.3) is 0 Å². The predicted molar refractivity (Wildman–Crippen MR) is 399 cm³/mol. The fourth-order valence-electron chi connectivity index (χ4n) is 12.5. The Morgan fingerprint density at radius 1 is 0.283 bits per heavy atom. The van der Waals surface area contributed by atoms with Crippen LogP contribution in [0.4, 0.5) is 5.69 Å². The van der Waals surface area contributed by atoms with Crippen LogP contribution in [-0.4, -0.2) is 72.7 Å². The van der Waals surface area contributed by atoms with Gasteiger partial charge in [0.1, 0.15) is 0 Å². The van der Waals surface area contributed by atoms with Gasteiger partial charge in [-0.2, -0.15) is 0 Å². The van der Waals surface area contributed by atoms with Gasteiger partial charge in [-0.25, -0.2) is 4.85 Å². The summed E-state index contributed by atoms with van der Waals surface area (Å²) in [6.45, 7) is 19.8. The molecule has 18 aromatic rings. The first kappa shape index (κ1) is 79.7. The smallest absolute Gasteiger partial charge is 0.183 e. The maximum Gasteiger partial charge on any atom is 0.183 e. The van der Waals surface area contributed by atoms with Gasteiger partial charge in [-0.3, -0.25) is 49.8 Å². The molecule has 0 spiro atoms. The number of hydrogen-bond donors (Lipinski definition) is 0. The second-order valence-electron chi connectivity index (χ2n) is 23.9. The number of aryl methyl sites for hydroxylation is 6. The largest absolute Gasteiger partial charge is 0.430 e. The normalized spacial score (nSPS) is 10.3. The first-order chi connectivity index (χ1) is 49.5. The topological polar surface area (TPSA) is 158 Å². The van der Waals surface area contributed by atoms with Crippen molar-refractivity contribution in [2.45, 2.75) is 41.5 Å². The molecule has 0 amide bonds. The molecule has 0 bridgehead atoms. The van der Waals surface area contributed by atoms with Crippen molar-refractivity contribution in [2.75, 3.05) is 0 Å². The third-order valence-corrected chi connectivity index (χ3v) is 17.3. The molecule has 0 fully saturated rings. The molecule has 0 aliphatic rings. The summed E-state index contributed by atoms with van der Waals surface area (Å²) < 4.78 is 9.60. The van der Waals surface area contributed by atoms with Crippen molar-refractivity contribution in [3.05, 3.63) is 351 Å². The van der Waals surface area contributed by atoms with Crippen LogP contribution in [-0.2, 0) is 101 Å². The summed E-state index contributed by atoms with van der Waals surface area (Å²) in [4.78, 5) is 46.4. The first-order valence-electron chi connectivity index (χ1n) is 32.6. The Kier molecular flexibility index (Phi) is 27.8. The molecule has 0 unspecified atom stereocenters. The van der Waals surface area contributed by atoms with Gasteiger partial charge in [-0.1, -0.05) is 196 Å². The minimum Gasteiger partial charge on any atom is -0.430 e. The summed E-state index contributed by atoms with van der Waals surface area (Å²) in [5.41, 5.74) is 20.5. The van der Waals surface area contributed by atoms with Gasteiger partial charge >= 0.3 is 0 Å². The summed E-state index contributed by atoms with van der Waals surface area (Å²) in [7, 11) is 0. The molecule has 106 heavy (non-hydrogen) atoms. The van der Waals surface area contributed by atoms with E-state index >= 15 is 0 Å². The zero-order valence-electron chi connectivity index (χ0n) is 57.8. The van der Waals surface area contributed by atoms with Crippen LogP contribution in [0.15, 0.2) is 275 Å². The molecular formula is C85H63Ir5N16-5. The van der Waals surface area contributed by atoms with Crippen LogP contribution in [0.25, 0.3) is 122 Å². The van der Waals surface area contributed by atoms with Gasteiger partial charge in [0, 0.05) is 180 Å². The zero-order chi connectivity index (χ0) is 69.2. The van der Waals surface area contributed by atoms with Crippen LogP contribution >= 0.6 is 0 Å². The molecule has 18 rings (SSSR count). The third kappa shape index (κ3) is 17.6. The summed E-state index contributed by atoms with van der Waals surface area (Å²) >= 11 is 0. The summed E-state index contributed by atoms with van der Waals surface area (Å²) in [6.07, 6.45) is 41.1. The molecular weight excluding hydrogens is 2210 g/mol. The minimum absolute atomic E-state index is 0. The summed E-state index contributed by atoms with van der Waals surface area (Å²) in [5, 5.41) is 5.31. The van der Waals surface area contributed by atoms with Gasteiger partial charge in [0.05, 0.1) is 29.8 Å². The number of pyridine rings is 10. The third-order valence-electron chi connectivity index (χ3n) is 17.3. The number of hydrogen-bond acceptors (Lipinski definition) is 10. The Balaban J connectivity index is 0.000000153. The molecule has 0 N–H and O–H groups in total. The summed E-state index contributed by atoms with van der Waals surface area (Å²) in [5.74, 6) is 4.12. The fourth-order valence-corrected chi connectivity index (χ4v) is 12.5. The number of fused-ring (bicyclic) bond motifs is 5. The quantitative estimate of drug-likeness (QED) is 0.134. The van der Waals surface area contributed by atoms with Crippen molar-refractivity contribution in [3.8, 4) is 62.5 Å². The van der Waals surface area contributed by atoms with Crippen LogP contribution in [0.2, 0.25) is 0 Å². The van der Waals surface area contributed by atoms with Gasteiger partial charge in [-0.15, -0.1) is 41.8 Å². The molecule has 5 radical (unpaired) electrons. The number of benzene rings is 3. The van der Waals surface area contributed by atoms with Crippen molar-refractivity contribution >= 4 is 60.3 Å².